The molecule has 0 saturated heterocycles. The third-order valence-electron chi connectivity index (χ3n) is 13.3. The summed E-state index contributed by atoms with van der Waals surface area (Å²) in [5.41, 5.74) is 15.3. The van der Waals surface area contributed by atoms with Crippen LogP contribution in [0.15, 0.2) is 152 Å². The predicted octanol–water partition coefficient (Wildman–Crippen LogP) is 14.1. The third kappa shape index (κ3) is 4.55. The number of rotatable bonds is 5. The number of anilines is 3. The Bertz CT molecular complexity index is 3120. The zero-order valence-electron chi connectivity index (χ0n) is 33.3. The number of nitrogens with zero attached hydrogens (tertiary/aromatic N) is 2. The molecular weight excluding hydrogens is 693 g/mol. The lowest BCUT2D eigenvalue weighted by molar-refractivity contribution is 0.661. The van der Waals surface area contributed by atoms with Crippen molar-refractivity contribution in [1.82, 2.24) is 4.57 Å². The van der Waals surface area contributed by atoms with Gasteiger partial charge >= 0.3 is 0 Å². The van der Waals surface area contributed by atoms with E-state index < -0.39 is 8.07 Å². The fourth-order valence-corrected chi connectivity index (χ4v) is 11.4. The highest BCUT2D eigenvalue weighted by Gasteiger charge is 2.38. The molecule has 1 aromatic heterocycles. The van der Waals surface area contributed by atoms with Gasteiger partial charge in [0.15, 0.2) is 0 Å². The zero-order chi connectivity index (χ0) is 38.3. The monoisotopic (exact) mass is 738 g/mol. The van der Waals surface area contributed by atoms with Crippen LogP contribution in [-0.2, 0) is 10.8 Å². The molecule has 0 spiro atoms. The summed E-state index contributed by atoms with van der Waals surface area (Å²) < 4.78 is 2.41. The molecule has 11 rings (SSSR count). The Morgan fingerprint density at radius 3 is 1.88 bits per heavy atom. The van der Waals surface area contributed by atoms with Gasteiger partial charge in [-0.05, 0) is 116 Å². The first-order valence-corrected chi connectivity index (χ1v) is 23.6. The first kappa shape index (κ1) is 33.4. The van der Waals surface area contributed by atoms with E-state index in [2.05, 4.69) is 208 Å². The van der Waals surface area contributed by atoms with Gasteiger partial charge in [0.25, 0.3) is 0 Å². The van der Waals surface area contributed by atoms with Crippen molar-refractivity contribution in [1.29, 1.82) is 0 Å². The van der Waals surface area contributed by atoms with E-state index in [1.165, 1.54) is 99.0 Å². The van der Waals surface area contributed by atoms with E-state index in [4.69, 9.17) is 0 Å². The Hall–Kier alpha value is -5.90. The Labute approximate surface area is 330 Å². The smallest absolute Gasteiger partial charge is 0.0776 e. The quantitative estimate of drug-likeness (QED) is 0.126. The van der Waals surface area contributed by atoms with Crippen LogP contribution >= 0.6 is 0 Å². The molecule has 0 aliphatic heterocycles. The van der Waals surface area contributed by atoms with Gasteiger partial charge in [-0.3, -0.25) is 0 Å². The molecule has 56 heavy (non-hydrogen) atoms. The maximum atomic E-state index is 2.53. The van der Waals surface area contributed by atoms with Crippen molar-refractivity contribution >= 4 is 73.7 Å². The summed E-state index contributed by atoms with van der Waals surface area (Å²) in [4.78, 5) is 2.53. The second-order valence-electron chi connectivity index (χ2n) is 18.3. The number of hydrogen-bond donors (Lipinski definition) is 0. The van der Waals surface area contributed by atoms with E-state index in [0.29, 0.717) is 0 Å². The standard InChI is InChI=1S/C53H46N2Si/c1-52(2)44-18-13-14-33-20-21-34-28-38(31-47(52)51(34)50(33)44)54(37-22-25-40-41-26-24-39(56(5,6)7)32-46(41)53(3,4)45(40)30-37)36-23-27-49-43(29-36)42-17-11-12-19-48(42)55(49)35-15-9-8-10-16-35/h8-32H,1-7H3. The van der Waals surface area contributed by atoms with Crippen molar-refractivity contribution in [3.05, 3.63) is 174 Å². The fraction of sp³-hybridized carbons (Fsp3) is 0.170. The van der Waals surface area contributed by atoms with Crippen molar-refractivity contribution in [3.8, 4) is 16.8 Å². The highest BCUT2D eigenvalue weighted by molar-refractivity contribution is 6.88. The fourth-order valence-electron chi connectivity index (χ4n) is 10.2. The average Bonchev–Trinajstić information content (AvgIpc) is 3.74. The van der Waals surface area contributed by atoms with Crippen LogP contribution in [0.3, 0.4) is 0 Å². The van der Waals surface area contributed by atoms with Crippen LogP contribution in [0.2, 0.25) is 19.6 Å². The van der Waals surface area contributed by atoms with Crippen LogP contribution in [0.1, 0.15) is 49.9 Å². The molecule has 0 fully saturated rings. The van der Waals surface area contributed by atoms with Crippen LogP contribution < -0.4 is 10.1 Å². The van der Waals surface area contributed by atoms with Crippen LogP contribution in [0, 0.1) is 0 Å². The van der Waals surface area contributed by atoms with Gasteiger partial charge in [0.2, 0.25) is 0 Å². The molecule has 9 aromatic rings. The van der Waals surface area contributed by atoms with Crippen molar-refractivity contribution in [2.45, 2.75) is 58.2 Å². The van der Waals surface area contributed by atoms with Gasteiger partial charge in [-0.25, -0.2) is 0 Å². The van der Waals surface area contributed by atoms with Gasteiger partial charge in [-0.15, -0.1) is 0 Å². The molecule has 8 aromatic carbocycles. The second kappa shape index (κ2) is 11.3. The lowest BCUT2D eigenvalue weighted by Crippen LogP contribution is -2.38. The summed E-state index contributed by atoms with van der Waals surface area (Å²) in [5.74, 6) is 0. The minimum Gasteiger partial charge on any atom is -0.310 e. The Balaban J connectivity index is 1.16. The predicted molar refractivity (Wildman–Crippen MR) is 243 cm³/mol. The number of aromatic nitrogens is 1. The zero-order valence-corrected chi connectivity index (χ0v) is 34.3. The molecule has 0 atom stereocenters. The molecule has 0 N–H and O–H groups in total. The molecule has 2 aliphatic carbocycles. The number of hydrogen-bond acceptors (Lipinski definition) is 1. The summed E-state index contributed by atoms with van der Waals surface area (Å²) in [5, 5.41) is 9.46. The van der Waals surface area contributed by atoms with E-state index in [1.807, 2.05) is 0 Å². The molecule has 3 heteroatoms. The molecule has 0 amide bonds. The summed E-state index contributed by atoms with van der Waals surface area (Å²) in [7, 11) is -1.49. The summed E-state index contributed by atoms with van der Waals surface area (Å²) in [6.07, 6.45) is 0. The lowest BCUT2D eigenvalue weighted by Gasteiger charge is -2.30. The number of benzene rings is 8. The molecule has 2 nitrogen and oxygen atoms in total. The lowest BCUT2D eigenvalue weighted by atomic mass is 9.81. The van der Waals surface area contributed by atoms with Gasteiger partial charge < -0.3 is 9.47 Å². The molecule has 1 heterocycles. The maximum Gasteiger partial charge on any atom is 0.0776 e. The van der Waals surface area contributed by atoms with Crippen molar-refractivity contribution in [3.63, 3.8) is 0 Å². The first-order chi connectivity index (χ1) is 26.9. The first-order valence-electron chi connectivity index (χ1n) is 20.1. The van der Waals surface area contributed by atoms with Crippen LogP contribution in [0.25, 0.3) is 60.2 Å². The van der Waals surface area contributed by atoms with Gasteiger partial charge in [-0.1, -0.05) is 144 Å². The Kier molecular flexibility index (Phi) is 6.77. The number of para-hydroxylation sites is 2. The van der Waals surface area contributed by atoms with E-state index in [-0.39, 0.29) is 10.8 Å². The van der Waals surface area contributed by atoms with Crippen molar-refractivity contribution in [2.24, 2.45) is 0 Å². The Morgan fingerprint density at radius 2 is 1.07 bits per heavy atom. The van der Waals surface area contributed by atoms with Gasteiger partial charge in [0.1, 0.15) is 0 Å². The van der Waals surface area contributed by atoms with Crippen LogP contribution in [0.4, 0.5) is 17.1 Å². The Morgan fingerprint density at radius 1 is 0.446 bits per heavy atom. The third-order valence-corrected chi connectivity index (χ3v) is 15.3. The summed E-state index contributed by atoms with van der Waals surface area (Å²) >= 11 is 0. The topological polar surface area (TPSA) is 8.17 Å². The second-order valence-corrected chi connectivity index (χ2v) is 23.4. The highest BCUT2D eigenvalue weighted by atomic mass is 28.3. The van der Waals surface area contributed by atoms with Crippen molar-refractivity contribution in [2.75, 3.05) is 4.90 Å². The van der Waals surface area contributed by atoms with Crippen molar-refractivity contribution < 1.29 is 0 Å². The SMILES string of the molecule is CC1(C)c2cc(N(c3cc4c5c(ccc6cccc(c65)C4(C)C)c3)c3ccc4c(c3)c3ccccc3n4-c3ccccc3)ccc2-c2ccc([Si](C)(C)C)cc21. The molecule has 0 saturated carbocycles. The highest BCUT2D eigenvalue weighted by Crippen LogP contribution is 2.53. The molecule has 0 unspecified atom stereocenters. The van der Waals surface area contributed by atoms with E-state index in [9.17, 15) is 0 Å². The molecule has 0 bridgehead atoms. The molecule has 272 valence electrons. The van der Waals surface area contributed by atoms with E-state index >= 15 is 0 Å². The normalized spacial score (nSPS) is 15.0. The molecular formula is C53H46N2Si. The summed E-state index contributed by atoms with van der Waals surface area (Å²) in [6.45, 7) is 17.0. The molecule has 2 aliphatic rings. The summed E-state index contributed by atoms with van der Waals surface area (Å²) in [6, 6.07) is 57.7. The molecule has 0 radical (unpaired) electrons. The minimum atomic E-state index is -1.49. The van der Waals surface area contributed by atoms with Crippen LogP contribution in [-0.4, -0.2) is 12.6 Å². The van der Waals surface area contributed by atoms with Gasteiger partial charge in [-0.2, -0.15) is 0 Å². The van der Waals surface area contributed by atoms with E-state index in [0.717, 1.165) is 5.69 Å². The average molecular weight is 739 g/mol. The van der Waals surface area contributed by atoms with Gasteiger partial charge in [0, 0.05) is 44.4 Å². The van der Waals surface area contributed by atoms with Gasteiger partial charge in [0.05, 0.1) is 19.1 Å². The largest absolute Gasteiger partial charge is 0.310 e. The van der Waals surface area contributed by atoms with Crippen LogP contribution in [0.5, 0.6) is 0 Å². The maximum absolute atomic E-state index is 2.53. The number of fused-ring (bicyclic) bond motifs is 6. The minimum absolute atomic E-state index is 0.119. The van der Waals surface area contributed by atoms with E-state index in [1.54, 1.807) is 0 Å².